The van der Waals surface area contributed by atoms with Crippen molar-refractivity contribution in [2.24, 2.45) is 0 Å². The normalized spacial score (nSPS) is 10.4. The smallest absolute Gasteiger partial charge is 0.312 e. The molecule has 0 bridgehead atoms. The summed E-state index contributed by atoms with van der Waals surface area (Å²) >= 11 is 0. The lowest BCUT2D eigenvalue weighted by Gasteiger charge is -2.10. The molecule has 1 N–H and O–H groups in total. The van der Waals surface area contributed by atoms with Crippen LogP contribution in [0.5, 0.6) is 11.5 Å². The zero-order valence-electron chi connectivity index (χ0n) is 12.3. The van der Waals surface area contributed by atoms with E-state index in [-0.39, 0.29) is 5.69 Å². The maximum Gasteiger partial charge on any atom is 0.312 e. The van der Waals surface area contributed by atoms with Crippen LogP contribution in [0.2, 0.25) is 0 Å². The Kier molecular flexibility index (Phi) is 4.55. The van der Waals surface area contributed by atoms with Crippen LogP contribution in [-0.4, -0.2) is 12.0 Å². The van der Waals surface area contributed by atoms with Gasteiger partial charge in [0.05, 0.1) is 4.92 Å². The molecule has 0 aromatic heterocycles. The summed E-state index contributed by atoms with van der Waals surface area (Å²) in [4.78, 5) is 10.8. The highest BCUT2D eigenvalue weighted by atomic mass is 16.6. The molecule has 0 aliphatic heterocycles. The van der Waals surface area contributed by atoms with Gasteiger partial charge in [-0.3, -0.25) is 10.1 Å². The van der Waals surface area contributed by atoms with Crippen molar-refractivity contribution in [3.63, 3.8) is 0 Å². The first-order chi connectivity index (χ1) is 10.0. The first-order valence-corrected chi connectivity index (χ1v) is 6.68. The fourth-order valence-electron chi connectivity index (χ4n) is 2.20. The molecule has 0 radical (unpaired) electrons. The molecule has 0 aliphatic carbocycles. The average molecular weight is 286 g/mol. The summed E-state index contributed by atoms with van der Waals surface area (Å²) < 4.78 is 5.73. The minimum absolute atomic E-state index is 0.00759. The Labute approximate surface area is 123 Å². The molecule has 2 aromatic rings. The predicted molar refractivity (Wildman–Crippen MR) is 81.9 cm³/mol. The van der Waals surface area contributed by atoms with Crippen molar-refractivity contribution < 1.29 is 9.66 Å². The van der Waals surface area contributed by atoms with E-state index < -0.39 is 4.92 Å². The largest absolute Gasteiger partial charge is 0.450 e. The first-order valence-electron chi connectivity index (χ1n) is 6.68. The van der Waals surface area contributed by atoms with Gasteiger partial charge >= 0.3 is 5.69 Å². The molecule has 0 unspecified atom stereocenters. The van der Waals surface area contributed by atoms with Crippen LogP contribution in [0.25, 0.3) is 0 Å². The lowest BCUT2D eigenvalue weighted by Crippen LogP contribution is -2.04. The van der Waals surface area contributed by atoms with E-state index in [1.807, 2.05) is 51.2 Å². The first kappa shape index (κ1) is 15.0. The molecule has 0 saturated heterocycles. The molecule has 0 fully saturated rings. The Bertz CT molecular complexity index is 651. The maximum atomic E-state index is 11.2. The molecule has 0 atom stereocenters. The molecule has 0 heterocycles. The zero-order valence-corrected chi connectivity index (χ0v) is 12.3. The van der Waals surface area contributed by atoms with Crippen LogP contribution < -0.4 is 10.1 Å². The van der Waals surface area contributed by atoms with E-state index in [9.17, 15) is 10.1 Å². The van der Waals surface area contributed by atoms with Gasteiger partial charge in [0.1, 0.15) is 5.75 Å². The maximum absolute atomic E-state index is 11.2. The van der Waals surface area contributed by atoms with Gasteiger partial charge in [-0.2, -0.15) is 0 Å². The van der Waals surface area contributed by atoms with Crippen LogP contribution in [0.4, 0.5) is 5.69 Å². The lowest BCUT2D eigenvalue weighted by molar-refractivity contribution is -0.385. The summed E-state index contributed by atoms with van der Waals surface area (Å²) in [5, 5.41) is 14.2. The molecule has 5 nitrogen and oxygen atoms in total. The average Bonchev–Trinajstić information content (AvgIpc) is 2.43. The van der Waals surface area contributed by atoms with E-state index in [0.717, 1.165) is 23.2 Å². The molecule has 0 aliphatic rings. The molecular weight excluding hydrogens is 268 g/mol. The Morgan fingerprint density at radius 1 is 1.19 bits per heavy atom. The number of rotatable bonds is 5. The van der Waals surface area contributed by atoms with Crippen molar-refractivity contribution in [3.05, 3.63) is 63.2 Å². The SMILES string of the molecule is CNCc1ccc(Oc2c(C)cc(C)cc2[N+](=O)[O-])cc1. The van der Waals surface area contributed by atoms with Gasteiger partial charge in [-0.25, -0.2) is 0 Å². The summed E-state index contributed by atoms with van der Waals surface area (Å²) in [6, 6.07) is 10.9. The number of hydrogen-bond donors (Lipinski definition) is 1. The van der Waals surface area contributed by atoms with E-state index in [1.54, 1.807) is 0 Å². The molecule has 0 amide bonds. The van der Waals surface area contributed by atoms with Crippen LogP contribution in [0.3, 0.4) is 0 Å². The molecule has 0 saturated carbocycles. The van der Waals surface area contributed by atoms with Crippen molar-refractivity contribution in [2.45, 2.75) is 20.4 Å². The van der Waals surface area contributed by atoms with Crippen LogP contribution >= 0.6 is 0 Å². The molecule has 5 heteroatoms. The van der Waals surface area contributed by atoms with E-state index in [4.69, 9.17) is 4.74 Å². The third-order valence-electron chi connectivity index (χ3n) is 3.12. The summed E-state index contributed by atoms with van der Waals surface area (Å²) in [5.41, 5.74) is 2.71. The molecule has 2 aromatic carbocycles. The monoisotopic (exact) mass is 286 g/mol. The van der Waals surface area contributed by atoms with Gasteiger partial charge in [0.2, 0.25) is 5.75 Å². The zero-order chi connectivity index (χ0) is 15.4. The highest BCUT2D eigenvalue weighted by Crippen LogP contribution is 2.35. The summed E-state index contributed by atoms with van der Waals surface area (Å²) in [6.45, 7) is 4.41. The second-order valence-electron chi connectivity index (χ2n) is 4.96. The highest BCUT2D eigenvalue weighted by Gasteiger charge is 2.19. The number of hydrogen-bond acceptors (Lipinski definition) is 4. The number of nitrogens with one attached hydrogen (secondary N) is 1. The minimum atomic E-state index is -0.412. The van der Waals surface area contributed by atoms with Crippen molar-refractivity contribution in [1.29, 1.82) is 0 Å². The Balaban J connectivity index is 2.32. The fraction of sp³-hybridized carbons (Fsp3) is 0.250. The molecule has 2 rings (SSSR count). The van der Waals surface area contributed by atoms with E-state index in [2.05, 4.69) is 5.32 Å². The van der Waals surface area contributed by atoms with E-state index >= 15 is 0 Å². The molecule has 21 heavy (non-hydrogen) atoms. The molecule has 110 valence electrons. The van der Waals surface area contributed by atoms with Crippen molar-refractivity contribution in [2.75, 3.05) is 7.05 Å². The number of nitro benzene ring substituents is 1. The number of nitrogens with zero attached hydrogens (tertiary/aromatic N) is 1. The number of aryl methyl sites for hydroxylation is 2. The Morgan fingerprint density at radius 2 is 1.86 bits per heavy atom. The number of nitro groups is 1. The second kappa shape index (κ2) is 6.37. The predicted octanol–water partition coefficient (Wildman–Crippen LogP) is 3.72. The third kappa shape index (κ3) is 3.58. The van der Waals surface area contributed by atoms with Gasteiger partial charge in [-0.1, -0.05) is 18.2 Å². The van der Waals surface area contributed by atoms with Crippen LogP contribution in [0.15, 0.2) is 36.4 Å². The number of ether oxygens (including phenoxy) is 1. The topological polar surface area (TPSA) is 64.4 Å². The minimum Gasteiger partial charge on any atom is -0.450 e. The summed E-state index contributed by atoms with van der Waals surface area (Å²) in [7, 11) is 1.88. The Morgan fingerprint density at radius 3 is 2.43 bits per heavy atom. The highest BCUT2D eigenvalue weighted by molar-refractivity contribution is 5.55. The van der Waals surface area contributed by atoms with E-state index in [1.165, 1.54) is 6.07 Å². The van der Waals surface area contributed by atoms with Crippen LogP contribution in [0.1, 0.15) is 16.7 Å². The van der Waals surface area contributed by atoms with Gasteiger partial charge < -0.3 is 10.1 Å². The van der Waals surface area contributed by atoms with Crippen LogP contribution in [-0.2, 0) is 6.54 Å². The van der Waals surface area contributed by atoms with Gasteiger partial charge in [-0.05, 0) is 49.7 Å². The third-order valence-corrected chi connectivity index (χ3v) is 3.12. The standard InChI is InChI=1S/C16H18N2O3/c1-11-8-12(2)16(15(9-11)18(19)20)21-14-6-4-13(5-7-14)10-17-3/h4-9,17H,10H2,1-3H3. The summed E-state index contributed by atoms with van der Waals surface area (Å²) in [6.07, 6.45) is 0. The van der Waals surface area contributed by atoms with Gasteiger partial charge in [0, 0.05) is 12.6 Å². The fourth-order valence-corrected chi connectivity index (χ4v) is 2.20. The second-order valence-corrected chi connectivity index (χ2v) is 4.96. The van der Waals surface area contributed by atoms with Crippen molar-refractivity contribution in [1.82, 2.24) is 5.32 Å². The number of benzene rings is 2. The molecular formula is C16H18N2O3. The molecule has 0 spiro atoms. The van der Waals surface area contributed by atoms with Crippen molar-refractivity contribution >= 4 is 5.69 Å². The Hall–Kier alpha value is -2.40. The summed E-state index contributed by atoms with van der Waals surface area (Å²) in [5.74, 6) is 0.886. The van der Waals surface area contributed by atoms with Crippen LogP contribution in [0, 0.1) is 24.0 Å². The lowest BCUT2D eigenvalue weighted by atomic mass is 10.1. The van der Waals surface area contributed by atoms with Gasteiger partial charge in [0.15, 0.2) is 0 Å². The van der Waals surface area contributed by atoms with Crippen molar-refractivity contribution in [3.8, 4) is 11.5 Å². The quantitative estimate of drug-likeness (QED) is 0.672. The van der Waals surface area contributed by atoms with Gasteiger partial charge in [-0.15, -0.1) is 0 Å². The van der Waals surface area contributed by atoms with Gasteiger partial charge in [0.25, 0.3) is 0 Å². The van der Waals surface area contributed by atoms with E-state index in [0.29, 0.717) is 11.5 Å².